The summed E-state index contributed by atoms with van der Waals surface area (Å²) in [6.45, 7) is 1.75. The van der Waals surface area contributed by atoms with Gasteiger partial charge in [0.25, 0.3) is 0 Å². The Morgan fingerprint density at radius 3 is 2.27 bits per heavy atom. The third kappa shape index (κ3) is 5.37. The summed E-state index contributed by atoms with van der Waals surface area (Å²) < 4.78 is 9.12. The molecule has 0 heterocycles. The van der Waals surface area contributed by atoms with Crippen molar-refractivity contribution in [3.8, 4) is 0 Å². The zero-order valence-corrected chi connectivity index (χ0v) is 9.49. The molecule has 0 rings (SSSR count). The molecule has 0 spiro atoms. The maximum Gasteiger partial charge on any atom is 0.310 e. The molecule has 0 radical (unpaired) electrons. The Morgan fingerprint density at radius 1 is 1.27 bits per heavy atom. The average molecular weight is 217 g/mol. The summed E-state index contributed by atoms with van der Waals surface area (Å²) in [7, 11) is 2.67. The first-order valence-electron chi connectivity index (χ1n) is 4.93. The van der Waals surface area contributed by atoms with Crippen LogP contribution in [0.2, 0.25) is 0 Å². The number of nitrogens with two attached hydrogens (primary N) is 1. The minimum Gasteiger partial charge on any atom is -0.469 e. The maximum atomic E-state index is 11.3. The molecule has 88 valence electrons. The SMILES string of the molecule is COC(=O)CCCC(C(=O)OC)C(C)N. The molecule has 0 aliphatic rings. The third-order valence-electron chi connectivity index (χ3n) is 2.26. The van der Waals surface area contributed by atoms with Crippen molar-refractivity contribution in [2.75, 3.05) is 14.2 Å². The van der Waals surface area contributed by atoms with Gasteiger partial charge in [0.2, 0.25) is 0 Å². The van der Waals surface area contributed by atoms with Crippen LogP contribution in [-0.4, -0.2) is 32.2 Å². The molecule has 0 fully saturated rings. The lowest BCUT2D eigenvalue weighted by Gasteiger charge is -2.17. The molecule has 0 aromatic carbocycles. The quantitative estimate of drug-likeness (QED) is 0.654. The Morgan fingerprint density at radius 2 is 1.87 bits per heavy atom. The van der Waals surface area contributed by atoms with Gasteiger partial charge in [-0.05, 0) is 19.8 Å². The first-order valence-corrected chi connectivity index (χ1v) is 4.93. The molecule has 0 aliphatic heterocycles. The first kappa shape index (κ1) is 13.9. The zero-order chi connectivity index (χ0) is 11.8. The number of carbonyl (C=O) groups is 2. The van der Waals surface area contributed by atoms with Crippen LogP contribution >= 0.6 is 0 Å². The van der Waals surface area contributed by atoms with E-state index in [2.05, 4.69) is 9.47 Å². The van der Waals surface area contributed by atoms with E-state index < -0.39 is 0 Å². The molecule has 0 aromatic heterocycles. The highest BCUT2D eigenvalue weighted by molar-refractivity contribution is 5.73. The second-order valence-corrected chi connectivity index (χ2v) is 3.46. The summed E-state index contributed by atoms with van der Waals surface area (Å²) in [6.07, 6.45) is 1.42. The van der Waals surface area contributed by atoms with Gasteiger partial charge in [-0.3, -0.25) is 9.59 Å². The molecule has 0 aliphatic carbocycles. The monoisotopic (exact) mass is 217 g/mol. The Bertz CT molecular complexity index is 215. The predicted octanol–water partition coefficient (Wildman–Crippen LogP) is 0.466. The minimum absolute atomic E-state index is 0.268. The van der Waals surface area contributed by atoms with Crippen LogP contribution < -0.4 is 5.73 Å². The molecule has 15 heavy (non-hydrogen) atoms. The predicted molar refractivity (Wildman–Crippen MR) is 55.0 cm³/mol. The van der Waals surface area contributed by atoms with Gasteiger partial charge in [0.05, 0.1) is 20.1 Å². The van der Waals surface area contributed by atoms with Gasteiger partial charge in [0, 0.05) is 12.5 Å². The van der Waals surface area contributed by atoms with Crippen molar-refractivity contribution in [2.24, 2.45) is 11.7 Å². The number of hydrogen-bond donors (Lipinski definition) is 1. The normalized spacial score (nSPS) is 14.1. The number of esters is 2. The van der Waals surface area contributed by atoms with Crippen molar-refractivity contribution in [3.63, 3.8) is 0 Å². The molecule has 0 saturated heterocycles. The minimum atomic E-state index is -0.348. The summed E-state index contributed by atoms with van der Waals surface area (Å²) in [5, 5.41) is 0. The standard InChI is InChI=1S/C10H19NO4/c1-7(11)8(10(13)15-3)5-4-6-9(12)14-2/h7-8H,4-6,11H2,1-3H3. The molecule has 2 N–H and O–H groups in total. The highest BCUT2D eigenvalue weighted by Gasteiger charge is 2.23. The molecule has 5 nitrogen and oxygen atoms in total. The van der Waals surface area contributed by atoms with Crippen LogP contribution in [0.1, 0.15) is 26.2 Å². The smallest absolute Gasteiger partial charge is 0.310 e. The van der Waals surface area contributed by atoms with Crippen molar-refractivity contribution >= 4 is 11.9 Å². The molecule has 0 bridgehead atoms. The van der Waals surface area contributed by atoms with Gasteiger partial charge in [0.1, 0.15) is 0 Å². The molecular weight excluding hydrogens is 198 g/mol. The largest absolute Gasteiger partial charge is 0.469 e. The van der Waals surface area contributed by atoms with Gasteiger partial charge >= 0.3 is 11.9 Å². The summed E-state index contributed by atoms with van der Waals surface area (Å²) in [5.74, 6) is -0.946. The second kappa shape index (κ2) is 7.23. The van der Waals surface area contributed by atoms with Crippen molar-refractivity contribution in [2.45, 2.75) is 32.2 Å². The Hall–Kier alpha value is -1.10. The van der Waals surface area contributed by atoms with Gasteiger partial charge in [-0.15, -0.1) is 0 Å². The number of methoxy groups -OCH3 is 2. The van der Waals surface area contributed by atoms with Gasteiger partial charge in [-0.2, -0.15) is 0 Å². The average Bonchev–Trinajstić information content (AvgIpc) is 2.22. The molecule has 0 amide bonds. The zero-order valence-electron chi connectivity index (χ0n) is 9.49. The Labute approximate surface area is 89.9 Å². The van der Waals surface area contributed by atoms with Crippen LogP contribution in [-0.2, 0) is 19.1 Å². The number of carbonyl (C=O) groups excluding carboxylic acids is 2. The van der Waals surface area contributed by atoms with Crippen LogP contribution in [0, 0.1) is 5.92 Å². The number of rotatable bonds is 6. The third-order valence-corrected chi connectivity index (χ3v) is 2.26. The lowest BCUT2D eigenvalue weighted by atomic mass is 9.95. The Kier molecular flexibility index (Phi) is 6.70. The fraction of sp³-hybridized carbons (Fsp3) is 0.800. The van der Waals surface area contributed by atoms with Crippen LogP contribution in [0.5, 0.6) is 0 Å². The van der Waals surface area contributed by atoms with Gasteiger partial charge in [-0.1, -0.05) is 0 Å². The van der Waals surface area contributed by atoms with Crippen molar-refractivity contribution in [1.82, 2.24) is 0 Å². The highest BCUT2D eigenvalue weighted by atomic mass is 16.5. The van der Waals surface area contributed by atoms with Crippen LogP contribution in [0.4, 0.5) is 0 Å². The molecule has 0 aromatic rings. The second-order valence-electron chi connectivity index (χ2n) is 3.46. The highest BCUT2D eigenvalue weighted by Crippen LogP contribution is 2.13. The lowest BCUT2D eigenvalue weighted by molar-refractivity contribution is -0.147. The fourth-order valence-corrected chi connectivity index (χ4v) is 1.32. The Balaban J connectivity index is 3.97. The maximum absolute atomic E-state index is 11.3. The van der Waals surface area contributed by atoms with E-state index in [0.717, 1.165) is 0 Å². The summed E-state index contributed by atoms with van der Waals surface area (Å²) in [4.78, 5) is 22.1. The fourth-order valence-electron chi connectivity index (χ4n) is 1.32. The topological polar surface area (TPSA) is 78.6 Å². The van der Waals surface area contributed by atoms with E-state index in [0.29, 0.717) is 19.3 Å². The van der Waals surface area contributed by atoms with E-state index in [1.807, 2.05) is 0 Å². The first-order chi connectivity index (χ1) is 7.02. The van der Waals surface area contributed by atoms with Crippen molar-refractivity contribution < 1.29 is 19.1 Å². The van der Waals surface area contributed by atoms with E-state index in [9.17, 15) is 9.59 Å². The number of ether oxygens (including phenoxy) is 2. The molecule has 2 atom stereocenters. The summed E-state index contributed by atoms with van der Waals surface area (Å²) in [5.41, 5.74) is 5.65. The van der Waals surface area contributed by atoms with Gasteiger partial charge in [0.15, 0.2) is 0 Å². The number of hydrogen-bond acceptors (Lipinski definition) is 5. The van der Waals surface area contributed by atoms with Gasteiger partial charge in [-0.25, -0.2) is 0 Å². The molecule has 5 heteroatoms. The summed E-state index contributed by atoms with van der Waals surface area (Å²) in [6, 6.07) is -0.268. The van der Waals surface area contributed by atoms with Crippen molar-refractivity contribution in [1.29, 1.82) is 0 Å². The van der Waals surface area contributed by atoms with E-state index in [1.165, 1.54) is 14.2 Å². The lowest BCUT2D eigenvalue weighted by Crippen LogP contribution is -2.33. The van der Waals surface area contributed by atoms with E-state index in [4.69, 9.17) is 5.73 Å². The van der Waals surface area contributed by atoms with E-state index >= 15 is 0 Å². The van der Waals surface area contributed by atoms with E-state index in [-0.39, 0.29) is 23.9 Å². The van der Waals surface area contributed by atoms with Crippen LogP contribution in [0.15, 0.2) is 0 Å². The molecule has 2 unspecified atom stereocenters. The van der Waals surface area contributed by atoms with Gasteiger partial charge < -0.3 is 15.2 Å². The molecular formula is C10H19NO4. The van der Waals surface area contributed by atoms with Crippen LogP contribution in [0.3, 0.4) is 0 Å². The van der Waals surface area contributed by atoms with E-state index in [1.54, 1.807) is 6.92 Å². The van der Waals surface area contributed by atoms with Crippen LogP contribution in [0.25, 0.3) is 0 Å². The van der Waals surface area contributed by atoms with Crippen molar-refractivity contribution in [3.05, 3.63) is 0 Å². The molecule has 0 saturated carbocycles. The summed E-state index contributed by atoms with van der Waals surface area (Å²) >= 11 is 0.